The molecule has 0 radical (unpaired) electrons. The monoisotopic (exact) mass is 352 g/mol. The highest BCUT2D eigenvalue weighted by molar-refractivity contribution is 5.96. The summed E-state index contributed by atoms with van der Waals surface area (Å²) in [6.07, 6.45) is 1.86. The third-order valence-electron chi connectivity index (χ3n) is 4.47. The first-order chi connectivity index (χ1) is 12.5. The first-order valence-electron chi connectivity index (χ1n) is 8.83. The van der Waals surface area contributed by atoms with Crippen molar-refractivity contribution in [2.24, 2.45) is 5.92 Å². The number of hydrogen-bond donors (Lipinski definition) is 1. The maximum atomic E-state index is 12.3. The molecule has 1 aliphatic rings. The zero-order chi connectivity index (χ0) is 18.7. The van der Waals surface area contributed by atoms with Crippen molar-refractivity contribution in [3.05, 3.63) is 53.6 Å². The molecule has 26 heavy (non-hydrogen) atoms. The Morgan fingerprint density at radius 1 is 1.08 bits per heavy atom. The van der Waals surface area contributed by atoms with Gasteiger partial charge < -0.3 is 15.0 Å². The van der Waals surface area contributed by atoms with Gasteiger partial charge in [0.05, 0.1) is 12.2 Å². The number of para-hydroxylation sites is 3. The summed E-state index contributed by atoms with van der Waals surface area (Å²) in [7, 11) is 1.67. The molecule has 0 bridgehead atoms. The number of benzene rings is 2. The Bertz CT molecular complexity index is 808. The van der Waals surface area contributed by atoms with Crippen LogP contribution in [0, 0.1) is 19.8 Å². The molecule has 0 aliphatic heterocycles. The highest BCUT2D eigenvalue weighted by Crippen LogP contribution is 2.33. The summed E-state index contributed by atoms with van der Waals surface area (Å²) in [5, 5.41) is 2.86. The fraction of sp³-hybridized carbons (Fsp3) is 0.333. The van der Waals surface area contributed by atoms with Gasteiger partial charge in [-0.15, -0.1) is 0 Å². The van der Waals surface area contributed by atoms with Crippen molar-refractivity contribution in [3.63, 3.8) is 0 Å². The van der Waals surface area contributed by atoms with E-state index in [-0.39, 0.29) is 24.3 Å². The molecule has 0 unspecified atom stereocenters. The largest absolute Gasteiger partial charge is 0.455 e. The predicted molar refractivity (Wildman–Crippen MR) is 101 cm³/mol. The number of carbonyl (C=O) groups excluding carboxylic acids is 2. The maximum absolute atomic E-state index is 12.3. The summed E-state index contributed by atoms with van der Waals surface area (Å²) in [6.45, 7) is 4.01. The number of ether oxygens (including phenoxy) is 1. The lowest BCUT2D eigenvalue weighted by atomic mass is 10.1. The van der Waals surface area contributed by atoms with Gasteiger partial charge in [0.15, 0.2) is 5.75 Å². The highest BCUT2D eigenvalue weighted by atomic mass is 16.5. The second kappa shape index (κ2) is 7.60. The molecule has 1 N–H and O–H groups in total. The Balaban J connectivity index is 1.70. The summed E-state index contributed by atoms with van der Waals surface area (Å²) >= 11 is 0. The normalized spacial score (nSPS) is 13.2. The smallest absolute Gasteiger partial charge is 0.244 e. The van der Waals surface area contributed by atoms with E-state index >= 15 is 0 Å². The number of hydrogen-bond acceptors (Lipinski definition) is 3. The van der Waals surface area contributed by atoms with Gasteiger partial charge in [0, 0.05) is 13.0 Å². The third-order valence-corrected chi connectivity index (χ3v) is 4.47. The van der Waals surface area contributed by atoms with Crippen molar-refractivity contribution >= 4 is 17.5 Å². The number of nitrogens with one attached hydrogen (secondary N) is 1. The number of rotatable bonds is 6. The topological polar surface area (TPSA) is 58.6 Å². The first-order valence-corrected chi connectivity index (χ1v) is 8.83. The van der Waals surface area contributed by atoms with Crippen LogP contribution in [0.25, 0.3) is 0 Å². The predicted octanol–water partition coefficient (Wildman–Crippen LogP) is 3.90. The molecule has 1 aliphatic carbocycles. The van der Waals surface area contributed by atoms with E-state index in [9.17, 15) is 9.59 Å². The van der Waals surface area contributed by atoms with Crippen molar-refractivity contribution in [1.29, 1.82) is 0 Å². The van der Waals surface area contributed by atoms with Crippen LogP contribution in [0.4, 0.5) is 5.69 Å². The molecule has 5 nitrogen and oxygen atoms in total. The number of carbonyl (C=O) groups is 2. The van der Waals surface area contributed by atoms with Crippen LogP contribution in [0.2, 0.25) is 0 Å². The molecular formula is C21H24N2O3. The fourth-order valence-electron chi connectivity index (χ4n) is 2.85. The van der Waals surface area contributed by atoms with Gasteiger partial charge in [-0.05, 0) is 49.9 Å². The Morgan fingerprint density at radius 2 is 1.73 bits per heavy atom. The zero-order valence-corrected chi connectivity index (χ0v) is 15.4. The van der Waals surface area contributed by atoms with Crippen molar-refractivity contribution in [1.82, 2.24) is 4.90 Å². The van der Waals surface area contributed by atoms with Gasteiger partial charge in [-0.3, -0.25) is 9.59 Å². The van der Waals surface area contributed by atoms with Crippen LogP contribution in [0.15, 0.2) is 42.5 Å². The zero-order valence-electron chi connectivity index (χ0n) is 15.4. The van der Waals surface area contributed by atoms with Crippen LogP contribution in [-0.4, -0.2) is 30.3 Å². The number of nitrogens with zero attached hydrogens (tertiary/aromatic N) is 1. The SMILES string of the molecule is Cc1cccc(C)c1Oc1ccccc1NC(=O)CN(C)C(=O)C1CC1. The molecule has 0 heterocycles. The van der Waals surface area contributed by atoms with E-state index in [1.165, 1.54) is 4.90 Å². The number of anilines is 1. The van der Waals surface area contributed by atoms with Crippen molar-refractivity contribution in [2.45, 2.75) is 26.7 Å². The number of amides is 2. The van der Waals surface area contributed by atoms with Crippen LogP contribution in [0.5, 0.6) is 11.5 Å². The summed E-state index contributed by atoms with van der Waals surface area (Å²) in [4.78, 5) is 25.8. The van der Waals surface area contributed by atoms with Gasteiger partial charge in [-0.1, -0.05) is 30.3 Å². The molecule has 0 spiro atoms. The van der Waals surface area contributed by atoms with Crippen LogP contribution in [0.3, 0.4) is 0 Å². The molecule has 5 heteroatoms. The molecule has 0 atom stereocenters. The lowest BCUT2D eigenvalue weighted by Crippen LogP contribution is -2.35. The van der Waals surface area contributed by atoms with E-state index in [2.05, 4.69) is 5.32 Å². The van der Waals surface area contributed by atoms with Gasteiger partial charge in [-0.2, -0.15) is 0 Å². The molecule has 1 saturated carbocycles. The molecule has 0 saturated heterocycles. The molecule has 2 aromatic carbocycles. The van der Waals surface area contributed by atoms with Crippen LogP contribution in [0.1, 0.15) is 24.0 Å². The molecule has 1 fully saturated rings. The standard InChI is InChI=1S/C21H24N2O3/c1-14-7-6-8-15(2)20(14)26-18-10-5-4-9-17(18)22-19(24)13-23(3)21(25)16-11-12-16/h4-10,16H,11-13H2,1-3H3,(H,22,24). The summed E-state index contributed by atoms with van der Waals surface area (Å²) in [6, 6.07) is 13.3. The van der Waals surface area contributed by atoms with Gasteiger partial charge in [0.2, 0.25) is 11.8 Å². The quantitative estimate of drug-likeness (QED) is 0.858. The summed E-state index contributed by atoms with van der Waals surface area (Å²) in [5.41, 5.74) is 2.65. The summed E-state index contributed by atoms with van der Waals surface area (Å²) < 4.78 is 6.08. The van der Waals surface area contributed by atoms with E-state index in [1.807, 2.05) is 50.2 Å². The molecular weight excluding hydrogens is 328 g/mol. The maximum Gasteiger partial charge on any atom is 0.244 e. The van der Waals surface area contributed by atoms with E-state index in [1.54, 1.807) is 13.1 Å². The van der Waals surface area contributed by atoms with Crippen molar-refractivity contribution in [2.75, 3.05) is 18.9 Å². The van der Waals surface area contributed by atoms with E-state index in [0.717, 1.165) is 29.7 Å². The van der Waals surface area contributed by atoms with Crippen molar-refractivity contribution < 1.29 is 14.3 Å². The van der Waals surface area contributed by atoms with Crippen LogP contribution >= 0.6 is 0 Å². The average Bonchev–Trinajstić information content (AvgIpc) is 3.44. The van der Waals surface area contributed by atoms with Crippen molar-refractivity contribution in [3.8, 4) is 11.5 Å². The minimum Gasteiger partial charge on any atom is -0.455 e. The Kier molecular flexibility index (Phi) is 5.26. The molecule has 2 amide bonds. The van der Waals surface area contributed by atoms with E-state index < -0.39 is 0 Å². The van der Waals surface area contributed by atoms with Crippen LogP contribution < -0.4 is 10.1 Å². The van der Waals surface area contributed by atoms with E-state index in [0.29, 0.717) is 11.4 Å². The average molecular weight is 352 g/mol. The highest BCUT2D eigenvalue weighted by Gasteiger charge is 2.32. The molecule has 2 aromatic rings. The minimum absolute atomic E-state index is 0.0348. The van der Waals surface area contributed by atoms with Gasteiger partial charge >= 0.3 is 0 Å². The third kappa shape index (κ3) is 4.23. The number of aryl methyl sites for hydroxylation is 2. The van der Waals surface area contributed by atoms with Gasteiger partial charge in [0.25, 0.3) is 0 Å². The first kappa shape index (κ1) is 18.0. The van der Waals surface area contributed by atoms with Crippen LogP contribution in [-0.2, 0) is 9.59 Å². The fourth-order valence-corrected chi connectivity index (χ4v) is 2.85. The number of likely N-dealkylation sites (N-methyl/N-ethyl adjacent to an activating group) is 1. The summed E-state index contributed by atoms with van der Waals surface area (Å²) in [5.74, 6) is 1.27. The lowest BCUT2D eigenvalue weighted by molar-refractivity contribution is -0.134. The molecule has 136 valence electrons. The second-order valence-electron chi connectivity index (χ2n) is 6.84. The Labute approximate surface area is 154 Å². The Morgan fingerprint density at radius 3 is 2.38 bits per heavy atom. The molecule has 3 rings (SSSR count). The minimum atomic E-state index is -0.237. The van der Waals surface area contributed by atoms with Gasteiger partial charge in [0.1, 0.15) is 5.75 Å². The molecule has 0 aromatic heterocycles. The van der Waals surface area contributed by atoms with Gasteiger partial charge in [-0.25, -0.2) is 0 Å². The Hall–Kier alpha value is -2.82. The lowest BCUT2D eigenvalue weighted by Gasteiger charge is -2.18. The van der Waals surface area contributed by atoms with E-state index in [4.69, 9.17) is 4.74 Å². The second-order valence-corrected chi connectivity index (χ2v) is 6.84.